The van der Waals surface area contributed by atoms with E-state index >= 15 is 0 Å². The van der Waals surface area contributed by atoms with Crippen LogP contribution in [0.5, 0.6) is 0 Å². The average Bonchev–Trinajstić information content (AvgIpc) is 2.44. The number of nitrogens with two attached hydrogens (primary N) is 1. The summed E-state index contributed by atoms with van der Waals surface area (Å²) in [6.07, 6.45) is 1.87. The van der Waals surface area contributed by atoms with E-state index in [0.29, 0.717) is 18.7 Å². The summed E-state index contributed by atoms with van der Waals surface area (Å²) in [5.74, 6) is 0.0484. The molecule has 0 saturated heterocycles. The van der Waals surface area contributed by atoms with Gasteiger partial charge in [0.15, 0.2) is 0 Å². The predicted molar refractivity (Wildman–Crippen MR) is 84.7 cm³/mol. The van der Waals surface area contributed by atoms with Gasteiger partial charge in [0.2, 0.25) is 5.91 Å². The molecule has 1 aromatic heterocycles. The maximum absolute atomic E-state index is 12.2. The van der Waals surface area contributed by atoms with Crippen molar-refractivity contribution in [1.29, 1.82) is 0 Å². The highest BCUT2D eigenvalue weighted by Gasteiger charge is 2.12. The minimum Gasteiger partial charge on any atom is -0.397 e. The number of anilines is 1. The molecule has 0 aliphatic rings. The number of aryl methyl sites for hydroxylation is 2. The summed E-state index contributed by atoms with van der Waals surface area (Å²) < 4.78 is 0. The van der Waals surface area contributed by atoms with Crippen molar-refractivity contribution in [2.24, 2.45) is 0 Å². The topological polar surface area (TPSA) is 59.2 Å². The third kappa shape index (κ3) is 4.05. The number of benzene rings is 1. The fourth-order valence-electron chi connectivity index (χ4n) is 2.20. The zero-order chi connectivity index (χ0) is 15.4. The quantitative estimate of drug-likeness (QED) is 0.937. The van der Waals surface area contributed by atoms with Crippen LogP contribution in [0.1, 0.15) is 22.4 Å². The molecular weight excluding hydrogens is 262 g/mol. The summed E-state index contributed by atoms with van der Waals surface area (Å²) in [5.41, 5.74) is 10.5. The molecule has 0 unspecified atom stereocenters. The third-order valence-corrected chi connectivity index (χ3v) is 3.51. The summed E-state index contributed by atoms with van der Waals surface area (Å²) in [6, 6.07) is 9.84. The van der Waals surface area contributed by atoms with E-state index in [2.05, 4.69) is 37.0 Å². The summed E-state index contributed by atoms with van der Waals surface area (Å²) in [7, 11) is 1.82. The summed E-state index contributed by atoms with van der Waals surface area (Å²) >= 11 is 0. The lowest BCUT2D eigenvalue weighted by Gasteiger charge is -2.18. The molecule has 4 heteroatoms. The number of nitrogens with zero attached hydrogens (tertiary/aromatic N) is 2. The van der Waals surface area contributed by atoms with Gasteiger partial charge in [0, 0.05) is 19.3 Å². The zero-order valence-corrected chi connectivity index (χ0v) is 12.8. The Morgan fingerprint density at radius 3 is 2.62 bits per heavy atom. The summed E-state index contributed by atoms with van der Waals surface area (Å²) in [5, 5.41) is 0. The molecule has 2 rings (SSSR count). The van der Waals surface area contributed by atoms with E-state index in [4.69, 9.17) is 5.73 Å². The van der Waals surface area contributed by atoms with Gasteiger partial charge in [-0.1, -0.05) is 23.8 Å². The Balaban J connectivity index is 2.00. The fourth-order valence-corrected chi connectivity index (χ4v) is 2.20. The molecule has 0 bridgehead atoms. The molecule has 0 aliphatic heterocycles. The highest BCUT2D eigenvalue weighted by Crippen LogP contribution is 2.13. The zero-order valence-electron chi connectivity index (χ0n) is 12.8. The van der Waals surface area contributed by atoms with Gasteiger partial charge in [0.1, 0.15) is 0 Å². The van der Waals surface area contributed by atoms with Crippen molar-refractivity contribution >= 4 is 11.6 Å². The van der Waals surface area contributed by atoms with E-state index < -0.39 is 0 Å². The Labute approximate surface area is 125 Å². The van der Waals surface area contributed by atoms with Crippen LogP contribution in [0.25, 0.3) is 0 Å². The van der Waals surface area contributed by atoms with Crippen molar-refractivity contribution in [1.82, 2.24) is 9.88 Å². The third-order valence-electron chi connectivity index (χ3n) is 3.51. The lowest BCUT2D eigenvalue weighted by molar-refractivity contribution is -0.129. The van der Waals surface area contributed by atoms with Crippen molar-refractivity contribution in [2.45, 2.75) is 26.8 Å². The van der Waals surface area contributed by atoms with E-state index in [0.717, 1.165) is 5.69 Å². The first kappa shape index (κ1) is 15.0. The van der Waals surface area contributed by atoms with Gasteiger partial charge in [0.05, 0.1) is 18.3 Å². The average molecular weight is 283 g/mol. The van der Waals surface area contributed by atoms with Crippen LogP contribution in [0.15, 0.2) is 36.5 Å². The lowest BCUT2D eigenvalue weighted by atomic mass is 10.1. The normalized spacial score (nSPS) is 10.4. The Morgan fingerprint density at radius 1 is 1.24 bits per heavy atom. The Kier molecular flexibility index (Phi) is 4.58. The van der Waals surface area contributed by atoms with Crippen LogP contribution in [0.3, 0.4) is 0 Å². The molecule has 2 aromatic rings. The van der Waals surface area contributed by atoms with Crippen molar-refractivity contribution in [3.63, 3.8) is 0 Å². The van der Waals surface area contributed by atoms with Crippen LogP contribution in [-0.4, -0.2) is 22.8 Å². The largest absolute Gasteiger partial charge is 0.397 e. The maximum atomic E-state index is 12.2. The number of nitrogen functional groups attached to an aromatic ring is 1. The van der Waals surface area contributed by atoms with Crippen molar-refractivity contribution in [3.8, 4) is 0 Å². The molecule has 1 amide bonds. The molecule has 1 aromatic carbocycles. The molecule has 21 heavy (non-hydrogen) atoms. The number of rotatable bonds is 4. The number of carbonyl (C=O) groups is 1. The van der Waals surface area contributed by atoms with Crippen LogP contribution in [0, 0.1) is 13.8 Å². The molecular formula is C17H21N3O. The molecule has 0 radical (unpaired) electrons. The van der Waals surface area contributed by atoms with Gasteiger partial charge >= 0.3 is 0 Å². The predicted octanol–water partition coefficient (Wildman–Crippen LogP) is 2.48. The van der Waals surface area contributed by atoms with E-state index in [9.17, 15) is 4.79 Å². The smallest absolute Gasteiger partial charge is 0.228 e. The first-order valence-electron chi connectivity index (χ1n) is 6.96. The van der Waals surface area contributed by atoms with E-state index in [1.807, 2.05) is 7.05 Å². The second kappa shape index (κ2) is 6.39. The first-order chi connectivity index (χ1) is 9.95. The number of carbonyl (C=O) groups excluding carboxylic acids is 1. The Hall–Kier alpha value is -2.36. The molecule has 2 N–H and O–H groups in total. The molecule has 0 aliphatic carbocycles. The second-order valence-corrected chi connectivity index (χ2v) is 5.44. The highest BCUT2D eigenvalue weighted by atomic mass is 16.2. The number of amides is 1. The van der Waals surface area contributed by atoms with Crippen molar-refractivity contribution in [2.75, 3.05) is 12.8 Å². The van der Waals surface area contributed by atoms with Crippen LogP contribution >= 0.6 is 0 Å². The van der Waals surface area contributed by atoms with E-state index in [-0.39, 0.29) is 5.91 Å². The Morgan fingerprint density at radius 2 is 2.00 bits per heavy atom. The van der Waals surface area contributed by atoms with Gasteiger partial charge in [-0.2, -0.15) is 0 Å². The minimum atomic E-state index is 0.0484. The first-order valence-corrected chi connectivity index (χ1v) is 6.96. The molecule has 0 saturated carbocycles. The van der Waals surface area contributed by atoms with Crippen LogP contribution in [-0.2, 0) is 17.8 Å². The number of hydrogen-bond acceptors (Lipinski definition) is 3. The number of hydrogen-bond donors (Lipinski definition) is 1. The fraction of sp³-hybridized carbons (Fsp3) is 0.294. The minimum absolute atomic E-state index is 0.0484. The Bertz CT molecular complexity index is 635. The van der Waals surface area contributed by atoms with E-state index in [1.54, 1.807) is 23.2 Å². The van der Waals surface area contributed by atoms with Gasteiger partial charge in [-0.25, -0.2) is 0 Å². The van der Waals surface area contributed by atoms with Gasteiger partial charge in [-0.15, -0.1) is 0 Å². The van der Waals surface area contributed by atoms with Crippen molar-refractivity contribution < 1.29 is 4.79 Å². The molecule has 110 valence electrons. The molecule has 0 atom stereocenters. The number of pyridine rings is 1. The highest BCUT2D eigenvalue weighted by molar-refractivity contribution is 5.78. The number of aromatic nitrogens is 1. The van der Waals surface area contributed by atoms with Gasteiger partial charge < -0.3 is 10.6 Å². The SMILES string of the molecule is Cc1ccc(CN(C)C(=O)Cc2ccc(N)cn2)c(C)c1. The molecule has 1 heterocycles. The summed E-state index contributed by atoms with van der Waals surface area (Å²) in [6.45, 7) is 4.75. The van der Waals surface area contributed by atoms with E-state index in [1.165, 1.54) is 16.7 Å². The monoisotopic (exact) mass is 283 g/mol. The second-order valence-electron chi connectivity index (χ2n) is 5.44. The van der Waals surface area contributed by atoms with Gasteiger partial charge in [0.25, 0.3) is 0 Å². The molecule has 0 spiro atoms. The van der Waals surface area contributed by atoms with Crippen LogP contribution < -0.4 is 5.73 Å². The standard InChI is InChI=1S/C17H21N3O/c1-12-4-5-14(13(2)8-12)11-20(3)17(21)9-16-7-6-15(18)10-19-16/h4-8,10H,9,11,18H2,1-3H3. The maximum Gasteiger partial charge on any atom is 0.228 e. The van der Waals surface area contributed by atoms with Gasteiger partial charge in [-0.3, -0.25) is 9.78 Å². The molecule has 0 fully saturated rings. The van der Waals surface area contributed by atoms with Gasteiger partial charge in [-0.05, 0) is 37.1 Å². The lowest BCUT2D eigenvalue weighted by Crippen LogP contribution is -2.28. The number of likely N-dealkylation sites (N-methyl/N-ethyl adjacent to an activating group) is 1. The molecule has 4 nitrogen and oxygen atoms in total. The van der Waals surface area contributed by atoms with Crippen LogP contribution in [0.4, 0.5) is 5.69 Å². The van der Waals surface area contributed by atoms with Crippen LogP contribution in [0.2, 0.25) is 0 Å². The van der Waals surface area contributed by atoms with Crippen molar-refractivity contribution in [3.05, 3.63) is 58.9 Å². The summed E-state index contributed by atoms with van der Waals surface area (Å²) in [4.78, 5) is 18.1.